The summed E-state index contributed by atoms with van der Waals surface area (Å²) >= 11 is 0. The Hall–Kier alpha value is -2.64. The summed E-state index contributed by atoms with van der Waals surface area (Å²) in [5, 5.41) is 1.36. The number of nitrogens with one attached hydrogen (secondary N) is 1. The van der Waals surface area contributed by atoms with Crippen LogP contribution in [0, 0.1) is 0 Å². The predicted octanol–water partition coefficient (Wildman–Crippen LogP) is 0.0173. The number of rotatable bonds is 3. The fraction of sp³-hybridized carbons (Fsp3) is 0.500. The summed E-state index contributed by atoms with van der Waals surface area (Å²) in [5.74, 6) is 0.133. The number of piperidine rings is 1. The molecule has 128 valence electrons. The number of aromatic nitrogens is 1. The van der Waals surface area contributed by atoms with Gasteiger partial charge in [-0.3, -0.25) is 24.8 Å². The standard InChI is InChI=1S/C16H21N5O3/c1-19-9-10-20(11-15(19)23)13-6-4-5-12(17-13)16(24)18-21-8-3-2-7-14(21)22/h4-6H,2-3,7-11H2,1H3,(H,18,24). The van der Waals surface area contributed by atoms with Gasteiger partial charge in [0.15, 0.2) is 0 Å². The summed E-state index contributed by atoms with van der Waals surface area (Å²) in [7, 11) is 1.77. The van der Waals surface area contributed by atoms with E-state index in [1.54, 1.807) is 30.1 Å². The van der Waals surface area contributed by atoms with E-state index in [4.69, 9.17) is 0 Å². The average molecular weight is 331 g/mol. The second-order valence-electron chi connectivity index (χ2n) is 6.06. The summed E-state index contributed by atoms with van der Waals surface area (Å²) in [4.78, 5) is 43.8. The molecule has 3 rings (SSSR count). The number of likely N-dealkylation sites (N-methyl/N-ethyl adjacent to an activating group) is 1. The number of anilines is 1. The van der Waals surface area contributed by atoms with Crippen LogP contribution in [-0.2, 0) is 9.59 Å². The maximum absolute atomic E-state index is 12.3. The molecule has 0 bridgehead atoms. The van der Waals surface area contributed by atoms with E-state index in [0.717, 1.165) is 12.8 Å². The molecule has 0 atom stereocenters. The van der Waals surface area contributed by atoms with Crippen molar-refractivity contribution in [3.8, 4) is 0 Å². The maximum atomic E-state index is 12.3. The third-order valence-corrected chi connectivity index (χ3v) is 4.31. The summed E-state index contributed by atoms with van der Waals surface area (Å²) in [6, 6.07) is 5.12. The van der Waals surface area contributed by atoms with Crippen LogP contribution in [0.2, 0.25) is 0 Å². The summed E-state index contributed by atoms with van der Waals surface area (Å²) in [6.45, 7) is 2.07. The van der Waals surface area contributed by atoms with E-state index in [0.29, 0.717) is 31.9 Å². The third-order valence-electron chi connectivity index (χ3n) is 4.31. The zero-order valence-electron chi connectivity index (χ0n) is 13.7. The number of carbonyl (C=O) groups excluding carboxylic acids is 3. The SMILES string of the molecule is CN1CCN(c2cccc(C(=O)NN3CCCCC3=O)n2)CC1=O. The van der Waals surface area contributed by atoms with Crippen LogP contribution >= 0.6 is 0 Å². The van der Waals surface area contributed by atoms with Crippen molar-refractivity contribution >= 4 is 23.5 Å². The Morgan fingerprint density at radius 1 is 1.12 bits per heavy atom. The van der Waals surface area contributed by atoms with E-state index in [1.165, 1.54) is 5.01 Å². The van der Waals surface area contributed by atoms with Crippen molar-refractivity contribution in [2.24, 2.45) is 0 Å². The largest absolute Gasteiger partial charge is 0.346 e. The number of hydrazine groups is 1. The van der Waals surface area contributed by atoms with Gasteiger partial charge < -0.3 is 9.80 Å². The molecule has 8 nitrogen and oxygen atoms in total. The van der Waals surface area contributed by atoms with Gasteiger partial charge in [0.2, 0.25) is 11.8 Å². The van der Waals surface area contributed by atoms with Crippen molar-refractivity contribution < 1.29 is 14.4 Å². The Morgan fingerprint density at radius 3 is 2.71 bits per heavy atom. The Kier molecular flexibility index (Phi) is 4.64. The number of hydrogen-bond donors (Lipinski definition) is 1. The minimum atomic E-state index is -0.410. The van der Waals surface area contributed by atoms with Crippen molar-refractivity contribution in [1.82, 2.24) is 20.3 Å². The quantitative estimate of drug-likeness (QED) is 0.844. The number of hydrogen-bond acceptors (Lipinski definition) is 5. The molecule has 3 heterocycles. The van der Waals surface area contributed by atoms with E-state index < -0.39 is 5.91 Å². The lowest BCUT2D eigenvalue weighted by atomic mass is 10.1. The molecule has 2 fully saturated rings. The van der Waals surface area contributed by atoms with Crippen molar-refractivity contribution in [2.45, 2.75) is 19.3 Å². The molecule has 24 heavy (non-hydrogen) atoms. The predicted molar refractivity (Wildman–Crippen MR) is 87.1 cm³/mol. The molecular weight excluding hydrogens is 310 g/mol. The molecule has 1 aromatic heterocycles. The second-order valence-corrected chi connectivity index (χ2v) is 6.06. The number of amides is 3. The first-order chi connectivity index (χ1) is 11.5. The number of pyridine rings is 1. The number of nitrogens with zero attached hydrogens (tertiary/aromatic N) is 4. The van der Waals surface area contributed by atoms with Crippen molar-refractivity contribution in [1.29, 1.82) is 0 Å². The van der Waals surface area contributed by atoms with Crippen LogP contribution in [-0.4, -0.2) is 65.8 Å². The van der Waals surface area contributed by atoms with E-state index in [9.17, 15) is 14.4 Å². The number of carbonyl (C=O) groups is 3. The fourth-order valence-corrected chi connectivity index (χ4v) is 2.78. The summed E-state index contributed by atoms with van der Waals surface area (Å²) < 4.78 is 0. The Morgan fingerprint density at radius 2 is 1.96 bits per heavy atom. The van der Waals surface area contributed by atoms with E-state index in [1.807, 2.05) is 4.90 Å². The highest BCUT2D eigenvalue weighted by atomic mass is 16.2. The van der Waals surface area contributed by atoms with E-state index in [-0.39, 0.29) is 24.1 Å². The van der Waals surface area contributed by atoms with Crippen LogP contribution in [0.25, 0.3) is 0 Å². The minimum Gasteiger partial charge on any atom is -0.346 e. The van der Waals surface area contributed by atoms with Gasteiger partial charge in [-0.05, 0) is 25.0 Å². The average Bonchev–Trinajstić information content (AvgIpc) is 2.59. The molecular formula is C16H21N5O3. The first-order valence-electron chi connectivity index (χ1n) is 8.12. The van der Waals surface area contributed by atoms with E-state index in [2.05, 4.69) is 10.4 Å². The van der Waals surface area contributed by atoms with E-state index >= 15 is 0 Å². The third kappa shape index (κ3) is 3.47. The van der Waals surface area contributed by atoms with Crippen molar-refractivity contribution in [2.75, 3.05) is 38.1 Å². The maximum Gasteiger partial charge on any atom is 0.288 e. The molecule has 2 aliphatic rings. The Balaban J connectivity index is 1.69. The zero-order chi connectivity index (χ0) is 17.1. The Labute approximate surface area is 140 Å². The Bertz CT molecular complexity index is 663. The van der Waals surface area contributed by atoms with Crippen LogP contribution in [0.4, 0.5) is 5.82 Å². The van der Waals surface area contributed by atoms with Crippen molar-refractivity contribution in [3.63, 3.8) is 0 Å². The smallest absolute Gasteiger partial charge is 0.288 e. The lowest BCUT2D eigenvalue weighted by Crippen LogP contribution is -2.49. The highest BCUT2D eigenvalue weighted by Gasteiger charge is 2.24. The van der Waals surface area contributed by atoms with Gasteiger partial charge in [0.1, 0.15) is 11.5 Å². The molecule has 0 saturated carbocycles. The molecule has 1 aromatic rings. The molecule has 0 radical (unpaired) electrons. The first kappa shape index (κ1) is 16.2. The van der Waals surface area contributed by atoms with Gasteiger partial charge in [0, 0.05) is 33.1 Å². The molecule has 2 aliphatic heterocycles. The molecule has 3 amide bonds. The van der Waals surface area contributed by atoms with Crippen LogP contribution in [0.5, 0.6) is 0 Å². The fourth-order valence-electron chi connectivity index (χ4n) is 2.78. The van der Waals surface area contributed by atoms with Gasteiger partial charge in [-0.2, -0.15) is 0 Å². The lowest BCUT2D eigenvalue weighted by Gasteiger charge is -2.32. The highest BCUT2D eigenvalue weighted by molar-refractivity contribution is 5.94. The molecule has 2 saturated heterocycles. The summed E-state index contributed by atoms with van der Waals surface area (Å²) in [6.07, 6.45) is 2.19. The van der Waals surface area contributed by atoms with Crippen LogP contribution in [0.15, 0.2) is 18.2 Å². The lowest BCUT2D eigenvalue weighted by molar-refractivity contribution is -0.135. The van der Waals surface area contributed by atoms with Gasteiger partial charge in [0.25, 0.3) is 5.91 Å². The monoisotopic (exact) mass is 331 g/mol. The molecule has 0 aromatic carbocycles. The zero-order valence-corrected chi connectivity index (χ0v) is 13.7. The first-order valence-corrected chi connectivity index (χ1v) is 8.12. The van der Waals surface area contributed by atoms with Gasteiger partial charge in [0.05, 0.1) is 6.54 Å². The molecule has 8 heteroatoms. The molecule has 1 N–H and O–H groups in total. The van der Waals surface area contributed by atoms with Gasteiger partial charge in [-0.15, -0.1) is 0 Å². The normalized spacial score (nSPS) is 18.8. The highest BCUT2D eigenvalue weighted by Crippen LogP contribution is 2.15. The summed E-state index contributed by atoms with van der Waals surface area (Å²) in [5.41, 5.74) is 2.85. The molecule has 0 spiro atoms. The molecule has 0 unspecified atom stereocenters. The van der Waals surface area contributed by atoms with Gasteiger partial charge in [-0.1, -0.05) is 6.07 Å². The van der Waals surface area contributed by atoms with Crippen molar-refractivity contribution in [3.05, 3.63) is 23.9 Å². The van der Waals surface area contributed by atoms with Gasteiger partial charge in [-0.25, -0.2) is 4.98 Å². The topological polar surface area (TPSA) is 85.8 Å². The molecule has 0 aliphatic carbocycles. The number of piperazine rings is 1. The van der Waals surface area contributed by atoms with Crippen LogP contribution < -0.4 is 10.3 Å². The van der Waals surface area contributed by atoms with Gasteiger partial charge >= 0.3 is 0 Å². The minimum absolute atomic E-state index is 0.0248. The van der Waals surface area contributed by atoms with Crippen LogP contribution in [0.3, 0.4) is 0 Å². The second kappa shape index (κ2) is 6.86. The van der Waals surface area contributed by atoms with Crippen LogP contribution in [0.1, 0.15) is 29.8 Å².